The van der Waals surface area contributed by atoms with Crippen LogP contribution >= 0.6 is 0 Å². The Morgan fingerprint density at radius 3 is 2.71 bits per heavy atom. The van der Waals surface area contributed by atoms with Gasteiger partial charge >= 0.3 is 5.97 Å². The number of halogens is 1. The van der Waals surface area contributed by atoms with E-state index in [1.807, 2.05) is 0 Å². The molecule has 1 saturated heterocycles. The fourth-order valence-corrected chi connectivity index (χ4v) is 1.80. The van der Waals surface area contributed by atoms with E-state index in [0.717, 1.165) is 6.07 Å². The molecule has 1 aromatic carbocycles. The topological polar surface area (TPSA) is 83.6 Å². The van der Waals surface area contributed by atoms with Crippen molar-refractivity contribution in [1.29, 1.82) is 0 Å². The van der Waals surface area contributed by atoms with Gasteiger partial charge in [0, 0.05) is 6.54 Å². The Bertz CT molecular complexity index is 490. The van der Waals surface area contributed by atoms with Crippen molar-refractivity contribution in [1.82, 2.24) is 0 Å². The molecule has 1 aliphatic heterocycles. The zero-order valence-electron chi connectivity index (χ0n) is 8.89. The number of carbonyl (C=O) groups excluding carboxylic acids is 1. The van der Waals surface area contributed by atoms with Crippen LogP contribution in [0, 0.1) is 5.82 Å². The van der Waals surface area contributed by atoms with Gasteiger partial charge in [-0.3, -0.25) is 4.79 Å². The minimum Gasteiger partial charge on any atom is -0.478 e. The lowest BCUT2D eigenvalue weighted by Crippen LogP contribution is -2.34. The van der Waals surface area contributed by atoms with Crippen LogP contribution in [-0.2, 0) is 4.79 Å². The summed E-state index contributed by atoms with van der Waals surface area (Å²) in [5.41, 5.74) is 5.45. The third-order valence-electron chi connectivity index (χ3n) is 2.73. The van der Waals surface area contributed by atoms with E-state index in [1.165, 1.54) is 17.0 Å². The lowest BCUT2D eigenvalue weighted by atomic mass is 10.2. The molecule has 1 amide bonds. The quantitative estimate of drug-likeness (QED) is 0.789. The van der Waals surface area contributed by atoms with Crippen LogP contribution in [0.25, 0.3) is 0 Å². The maximum atomic E-state index is 13.7. The minimum atomic E-state index is -1.21. The standard InChI is InChI=1S/C11H11FN2O3/c12-7-5-6(11(16)17)1-2-9(7)14-4-3-8(13)10(14)15/h1-2,5,8H,3-4,13H2,(H,16,17). The number of carboxylic acid groups (broad SMARTS) is 1. The molecule has 0 saturated carbocycles. The SMILES string of the molecule is NC1CCN(c2ccc(C(=O)O)cc2F)C1=O. The van der Waals surface area contributed by atoms with Gasteiger partial charge in [0.1, 0.15) is 5.82 Å². The van der Waals surface area contributed by atoms with Gasteiger partial charge in [-0.15, -0.1) is 0 Å². The number of rotatable bonds is 2. The summed E-state index contributed by atoms with van der Waals surface area (Å²) in [4.78, 5) is 23.5. The molecule has 1 unspecified atom stereocenters. The Morgan fingerprint density at radius 1 is 1.53 bits per heavy atom. The summed E-state index contributed by atoms with van der Waals surface area (Å²) in [7, 11) is 0. The molecule has 2 rings (SSSR count). The Balaban J connectivity index is 2.34. The normalized spacial score (nSPS) is 19.8. The minimum absolute atomic E-state index is 0.0768. The first-order chi connectivity index (χ1) is 8.00. The van der Waals surface area contributed by atoms with Crippen molar-refractivity contribution >= 4 is 17.6 Å². The maximum Gasteiger partial charge on any atom is 0.335 e. The molecule has 0 spiro atoms. The number of hydrogen-bond donors (Lipinski definition) is 2. The summed E-state index contributed by atoms with van der Waals surface area (Å²) in [5, 5.41) is 8.69. The lowest BCUT2D eigenvalue weighted by Gasteiger charge is -2.17. The molecule has 1 aliphatic rings. The predicted octanol–water partition coefficient (Wildman–Crippen LogP) is 0.588. The Labute approximate surface area is 96.6 Å². The summed E-state index contributed by atoms with van der Waals surface area (Å²) in [5.74, 6) is -2.28. The summed E-state index contributed by atoms with van der Waals surface area (Å²) in [6.45, 7) is 0.351. The van der Waals surface area contributed by atoms with Gasteiger partial charge in [0.2, 0.25) is 5.91 Å². The highest BCUT2D eigenvalue weighted by atomic mass is 19.1. The van der Waals surface area contributed by atoms with Gasteiger partial charge in [-0.2, -0.15) is 0 Å². The van der Waals surface area contributed by atoms with E-state index in [4.69, 9.17) is 10.8 Å². The van der Waals surface area contributed by atoms with Crippen LogP contribution in [0.3, 0.4) is 0 Å². The molecule has 1 aromatic rings. The van der Waals surface area contributed by atoms with Gasteiger partial charge in [-0.25, -0.2) is 9.18 Å². The highest BCUT2D eigenvalue weighted by Crippen LogP contribution is 2.24. The number of benzene rings is 1. The fourth-order valence-electron chi connectivity index (χ4n) is 1.80. The molecule has 90 valence electrons. The molecule has 6 heteroatoms. The molecule has 1 atom stereocenters. The highest BCUT2D eigenvalue weighted by molar-refractivity contribution is 5.99. The van der Waals surface area contributed by atoms with Crippen molar-refractivity contribution in [3.05, 3.63) is 29.6 Å². The Kier molecular flexibility index (Phi) is 2.81. The summed E-state index contributed by atoms with van der Waals surface area (Å²) >= 11 is 0. The van der Waals surface area contributed by atoms with E-state index < -0.39 is 17.8 Å². The lowest BCUT2D eigenvalue weighted by molar-refractivity contribution is -0.118. The van der Waals surface area contributed by atoms with E-state index >= 15 is 0 Å². The van der Waals surface area contributed by atoms with Crippen molar-refractivity contribution in [2.45, 2.75) is 12.5 Å². The van der Waals surface area contributed by atoms with Crippen LogP contribution in [0.2, 0.25) is 0 Å². The smallest absolute Gasteiger partial charge is 0.335 e. The summed E-state index contributed by atoms with van der Waals surface area (Å²) in [6, 6.07) is 2.84. The second kappa shape index (κ2) is 4.14. The molecule has 3 N–H and O–H groups in total. The number of nitrogens with zero attached hydrogens (tertiary/aromatic N) is 1. The van der Waals surface area contributed by atoms with Crippen LogP contribution in [0.1, 0.15) is 16.8 Å². The molecule has 1 heterocycles. The van der Waals surface area contributed by atoms with Crippen LogP contribution in [0.5, 0.6) is 0 Å². The molecule has 5 nitrogen and oxygen atoms in total. The molecule has 0 aromatic heterocycles. The van der Waals surface area contributed by atoms with Gasteiger partial charge in [0.25, 0.3) is 0 Å². The summed E-state index contributed by atoms with van der Waals surface area (Å²) in [6.07, 6.45) is 0.471. The molecule has 17 heavy (non-hydrogen) atoms. The first-order valence-electron chi connectivity index (χ1n) is 5.10. The fraction of sp³-hybridized carbons (Fsp3) is 0.273. The number of carbonyl (C=O) groups is 2. The predicted molar refractivity (Wildman–Crippen MR) is 58.3 cm³/mol. The maximum absolute atomic E-state index is 13.7. The van der Waals surface area contributed by atoms with Crippen molar-refractivity contribution in [2.75, 3.05) is 11.4 Å². The van der Waals surface area contributed by atoms with Crippen LogP contribution in [-0.4, -0.2) is 29.6 Å². The zero-order valence-corrected chi connectivity index (χ0v) is 8.89. The Morgan fingerprint density at radius 2 is 2.24 bits per heavy atom. The van der Waals surface area contributed by atoms with Crippen molar-refractivity contribution < 1.29 is 19.1 Å². The average Bonchev–Trinajstić information content (AvgIpc) is 2.60. The number of aromatic carboxylic acids is 1. The van der Waals surface area contributed by atoms with Gasteiger partial charge < -0.3 is 15.7 Å². The number of hydrogen-bond acceptors (Lipinski definition) is 3. The Hall–Kier alpha value is -1.95. The first kappa shape index (κ1) is 11.5. The van der Waals surface area contributed by atoms with Crippen LogP contribution in [0.4, 0.5) is 10.1 Å². The van der Waals surface area contributed by atoms with Gasteiger partial charge in [0.05, 0.1) is 17.3 Å². The monoisotopic (exact) mass is 238 g/mol. The molecular weight excluding hydrogens is 227 g/mol. The van der Waals surface area contributed by atoms with Crippen molar-refractivity contribution in [3.8, 4) is 0 Å². The second-order valence-corrected chi connectivity index (χ2v) is 3.86. The first-order valence-corrected chi connectivity index (χ1v) is 5.10. The second-order valence-electron chi connectivity index (χ2n) is 3.86. The number of nitrogens with two attached hydrogens (primary N) is 1. The van der Waals surface area contributed by atoms with Gasteiger partial charge in [-0.05, 0) is 24.6 Å². The van der Waals surface area contributed by atoms with Crippen molar-refractivity contribution in [3.63, 3.8) is 0 Å². The number of amides is 1. The van der Waals surface area contributed by atoms with E-state index in [1.54, 1.807) is 0 Å². The zero-order chi connectivity index (χ0) is 12.6. The number of anilines is 1. The van der Waals surface area contributed by atoms with E-state index in [9.17, 15) is 14.0 Å². The van der Waals surface area contributed by atoms with Crippen LogP contribution < -0.4 is 10.6 Å². The van der Waals surface area contributed by atoms with Gasteiger partial charge in [-0.1, -0.05) is 0 Å². The van der Waals surface area contributed by atoms with E-state index in [0.29, 0.717) is 13.0 Å². The molecule has 0 bridgehead atoms. The largest absolute Gasteiger partial charge is 0.478 e. The third-order valence-corrected chi connectivity index (χ3v) is 2.73. The molecule has 1 fully saturated rings. The van der Waals surface area contributed by atoms with Crippen LogP contribution in [0.15, 0.2) is 18.2 Å². The van der Waals surface area contributed by atoms with E-state index in [2.05, 4.69) is 0 Å². The summed E-state index contributed by atoms with van der Waals surface area (Å²) < 4.78 is 13.7. The molecular formula is C11H11FN2O3. The van der Waals surface area contributed by atoms with Gasteiger partial charge in [0.15, 0.2) is 0 Å². The molecule has 0 radical (unpaired) electrons. The third kappa shape index (κ3) is 1.99. The highest BCUT2D eigenvalue weighted by Gasteiger charge is 2.31. The molecule has 0 aliphatic carbocycles. The average molecular weight is 238 g/mol. The van der Waals surface area contributed by atoms with Crippen molar-refractivity contribution in [2.24, 2.45) is 5.73 Å². The van der Waals surface area contributed by atoms with E-state index in [-0.39, 0.29) is 17.2 Å². The number of carboxylic acids is 1.